The highest BCUT2D eigenvalue weighted by Gasteiger charge is 2.23. The predicted molar refractivity (Wildman–Crippen MR) is 223 cm³/mol. The van der Waals surface area contributed by atoms with Crippen molar-refractivity contribution in [1.82, 2.24) is 14.1 Å². The maximum atomic E-state index is 10.8. The van der Waals surface area contributed by atoms with Crippen molar-refractivity contribution in [3.63, 3.8) is 0 Å². The number of para-hydroxylation sites is 2. The second-order valence-corrected chi connectivity index (χ2v) is 14.0. The minimum atomic E-state index is 0.587. The van der Waals surface area contributed by atoms with E-state index in [2.05, 4.69) is 180 Å². The van der Waals surface area contributed by atoms with Crippen LogP contribution >= 0.6 is 0 Å². The van der Waals surface area contributed by atoms with E-state index in [-0.39, 0.29) is 0 Å². The van der Waals surface area contributed by atoms with E-state index in [0.29, 0.717) is 5.56 Å². The molecule has 0 atom stereocenters. The monoisotopic (exact) mass is 690 g/mol. The molecule has 0 N–H and O–H groups in total. The Balaban J connectivity index is 1.37. The van der Waals surface area contributed by atoms with Crippen molar-refractivity contribution in [1.29, 1.82) is 5.26 Å². The first-order valence-corrected chi connectivity index (χ1v) is 18.3. The topological polar surface area (TPSA) is 46.5 Å². The summed E-state index contributed by atoms with van der Waals surface area (Å²) in [7, 11) is 0. The number of hydrogen-bond donors (Lipinski definition) is 0. The first-order valence-electron chi connectivity index (χ1n) is 18.3. The fourth-order valence-electron chi connectivity index (χ4n) is 8.38. The molecule has 0 unspecified atom stereocenters. The third-order valence-electron chi connectivity index (χ3n) is 10.9. The van der Waals surface area contributed by atoms with Gasteiger partial charge in [-0.25, -0.2) is 0 Å². The van der Waals surface area contributed by atoms with Crippen LogP contribution in [0.1, 0.15) is 16.7 Å². The van der Waals surface area contributed by atoms with E-state index < -0.39 is 0 Å². The highest BCUT2D eigenvalue weighted by molar-refractivity contribution is 6.13. The molecule has 0 saturated carbocycles. The molecule has 10 aromatic rings. The summed E-state index contributed by atoms with van der Waals surface area (Å²) in [6, 6.07) is 58.8. The van der Waals surface area contributed by atoms with Gasteiger partial charge in [0.15, 0.2) is 0 Å². The average Bonchev–Trinajstić information content (AvgIpc) is 3.73. The number of rotatable bonds is 5. The van der Waals surface area contributed by atoms with E-state index >= 15 is 0 Å². The third kappa shape index (κ3) is 4.87. The molecule has 4 nitrogen and oxygen atoms in total. The predicted octanol–water partition coefficient (Wildman–Crippen LogP) is 12.8. The zero-order valence-electron chi connectivity index (χ0n) is 30.0. The molecule has 0 spiro atoms. The standard InChI is InChI=1S/C50H34N4/c1-32-12-3-5-15-38(32)34-21-23-42-40-17-7-9-19-45(40)53(47(42)26-34)49-28-37(30-51)44(36-14-11-25-52-31-36)29-50(49)54-46-20-10-8-18-41(46)43-24-22-35(27-48(43)54)39-16-6-4-13-33(39)2/h3-29,31H,1-2H3. The summed E-state index contributed by atoms with van der Waals surface area (Å²) in [6.07, 6.45) is 3.62. The molecule has 54 heavy (non-hydrogen) atoms. The minimum absolute atomic E-state index is 0.587. The van der Waals surface area contributed by atoms with E-state index in [1.54, 1.807) is 6.20 Å². The van der Waals surface area contributed by atoms with Gasteiger partial charge in [-0.1, -0.05) is 115 Å². The van der Waals surface area contributed by atoms with E-state index in [9.17, 15) is 5.26 Å². The minimum Gasteiger partial charge on any atom is -0.307 e. The fourth-order valence-corrected chi connectivity index (χ4v) is 8.38. The molecule has 0 radical (unpaired) electrons. The number of hydrogen-bond acceptors (Lipinski definition) is 2. The van der Waals surface area contributed by atoms with Gasteiger partial charge in [0.05, 0.1) is 45.1 Å². The average molecular weight is 691 g/mol. The first-order chi connectivity index (χ1) is 26.6. The maximum absolute atomic E-state index is 10.8. The van der Waals surface area contributed by atoms with Gasteiger partial charge < -0.3 is 9.13 Å². The van der Waals surface area contributed by atoms with Gasteiger partial charge in [0.2, 0.25) is 0 Å². The molecule has 0 aliphatic heterocycles. The normalized spacial score (nSPS) is 11.5. The van der Waals surface area contributed by atoms with Crippen LogP contribution < -0.4 is 0 Å². The zero-order chi connectivity index (χ0) is 36.3. The summed E-state index contributed by atoms with van der Waals surface area (Å²) >= 11 is 0. The molecule has 0 amide bonds. The first kappa shape index (κ1) is 31.5. The molecule has 3 aromatic heterocycles. The zero-order valence-corrected chi connectivity index (χ0v) is 30.0. The molecule has 0 aliphatic carbocycles. The Kier molecular flexibility index (Phi) is 7.28. The van der Waals surface area contributed by atoms with E-state index in [0.717, 1.165) is 66.5 Å². The van der Waals surface area contributed by atoms with E-state index in [1.165, 1.54) is 33.0 Å². The van der Waals surface area contributed by atoms with Gasteiger partial charge >= 0.3 is 0 Å². The largest absolute Gasteiger partial charge is 0.307 e. The third-order valence-corrected chi connectivity index (χ3v) is 10.9. The van der Waals surface area contributed by atoms with Crippen LogP contribution in [-0.2, 0) is 0 Å². The van der Waals surface area contributed by atoms with Crippen LogP contribution in [0.3, 0.4) is 0 Å². The van der Waals surface area contributed by atoms with Crippen molar-refractivity contribution < 1.29 is 0 Å². The molecular formula is C50H34N4. The number of fused-ring (bicyclic) bond motifs is 6. The number of aromatic nitrogens is 3. The van der Waals surface area contributed by atoms with Crippen molar-refractivity contribution in [2.75, 3.05) is 0 Å². The molecule has 254 valence electrons. The van der Waals surface area contributed by atoms with Crippen LogP contribution in [0, 0.1) is 25.2 Å². The summed E-state index contributed by atoms with van der Waals surface area (Å²) in [5.41, 5.74) is 15.8. The van der Waals surface area contributed by atoms with Crippen LogP contribution in [-0.4, -0.2) is 14.1 Å². The van der Waals surface area contributed by atoms with Crippen molar-refractivity contribution in [3.05, 3.63) is 187 Å². The Hall–Kier alpha value is -7.22. The lowest BCUT2D eigenvalue weighted by molar-refractivity contribution is 1.09. The van der Waals surface area contributed by atoms with Crippen LogP contribution in [0.15, 0.2) is 170 Å². The second-order valence-electron chi connectivity index (χ2n) is 14.0. The van der Waals surface area contributed by atoms with Gasteiger partial charge in [0, 0.05) is 45.1 Å². The van der Waals surface area contributed by atoms with Crippen LogP contribution in [0.2, 0.25) is 0 Å². The number of nitrogens with zero attached hydrogens (tertiary/aromatic N) is 4. The number of pyridine rings is 1. The molecule has 4 heteroatoms. The Morgan fingerprint density at radius 3 is 1.46 bits per heavy atom. The molecule has 0 fully saturated rings. The number of nitriles is 1. The molecule has 0 bridgehead atoms. The SMILES string of the molecule is Cc1ccccc1-c1ccc2c3ccccc3n(-c3cc(C#N)c(-c4cccnc4)cc3-n3c4ccccc4c4ccc(-c5ccccc5C)cc43)c2c1. The Morgan fingerprint density at radius 2 is 0.944 bits per heavy atom. The van der Waals surface area contributed by atoms with Crippen molar-refractivity contribution >= 4 is 43.6 Å². The lowest BCUT2D eigenvalue weighted by Gasteiger charge is -2.20. The fraction of sp³-hybridized carbons (Fsp3) is 0.0400. The highest BCUT2D eigenvalue weighted by atomic mass is 15.1. The van der Waals surface area contributed by atoms with Crippen LogP contribution in [0.4, 0.5) is 0 Å². The van der Waals surface area contributed by atoms with E-state index in [4.69, 9.17) is 0 Å². The number of aryl methyl sites for hydroxylation is 2. The summed E-state index contributed by atoms with van der Waals surface area (Å²) in [5.74, 6) is 0. The van der Waals surface area contributed by atoms with E-state index in [1.807, 2.05) is 18.3 Å². The van der Waals surface area contributed by atoms with Crippen LogP contribution in [0.5, 0.6) is 0 Å². The Morgan fingerprint density at radius 1 is 0.444 bits per heavy atom. The molecular weight excluding hydrogens is 657 g/mol. The molecule has 7 aromatic carbocycles. The summed E-state index contributed by atoms with van der Waals surface area (Å²) < 4.78 is 4.76. The van der Waals surface area contributed by atoms with Crippen molar-refractivity contribution in [3.8, 4) is 50.8 Å². The quantitative estimate of drug-likeness (QED) is 0.180. The number of benzene rings is 7. The molecule has 0 saturated heterocycles. The second kappa shape index (κ2) is 12.5. The van der Waals surface area contributed by atoms with Gasteiger partial charge in [-0.3, -0.25) is 4.98 Å². The lowest BCUT2D eigenvalue weighted by Crippen LogP contribution is -2.05. The lowest BCUT2D eigenvalue weighted by atomic mass is 9.98. The Labute approximate surface area is 313 Å². The maximum Gasteiger partial charge on any atom is 0.0999 e. The smallest absolute Gasteiger partial charge is 0.0999 e. The molecule has 0 aliphatic rings. The van der Waals surface area contributed by atoms with Crippen molar-refractivity contribution in [2.45, 2.75) is 13.8 Å². The Bertz CT molecular complexity index is 3140. The summed E-state index contributed by atoms with van der Waals surface area (Å²) in [6.45, 7) is 4.33. The highest BCUT2D eigenvalue weighted by Crippen LogP contribution is 2.42. The summed E-state index contributed by atoms with van der Waals surface area (Å²) in [5, 5.41) is 15.5. The van der Waals surface area contributed by atoms with Gasteiger partial charge in [-0.2, -0.15) is 5.26 Å². The van der Waals surface area contributed by atoms with Gasteiger partial charge in [-0.05, 0) is 89.7 Å². The van der Waals surface area contributed by atoms with Crippen LogP contribution in [0.25, 0.3) is 88.4 Å². The molecule has 10 rings (SSSR count). The molecule has 3 heterocycles. The summed E-state index contributed by atoms with van der Waals surface area (Å²) in [4.78, 5) is 4.46. The van der Waals surface area contributed by atoms with Gasteiger partial charge in [-0.15, -0.1) is 0 Å². The van der Waals surface area contributed by atoms with Crippen molar-refractivity contribution in [2.24, 2.45) is 0 Å². The van der Waals surface area contributed by atoms with Gasteiger partial charge in [0.1, 0.15) is 0 Å². The van der Waals surface area contributed by atoms with Gasteiger partial charge in [0.25, 0.3) is 0 Å².